The van der Waals surface area contributed by atoms with E-state index < -0.39 is 15.3 Å². The third kappa shape index (κ3) is 1.76. The molecule has 0 heterocycles. The standard InChI is InChI=1S/C7H11NO3S/c1-12(10,11)3-6-2-7(6,4-8)5-9/h6,9H,2-3,5H2,1H3/t6-,7-/m0/s1. The zero-order chi connectivity index (χ0) is 9.41. The maximum Gasteiger partial charge on any atom is 0.147 e. The lowest BCUT2D eigenvalue weighted by molar-refractivity contribution is 0.237. The second-order valence-electron chi connectivity index (χ2n) is 3.42. The summed E-state index contributed by atoms with van der Waals surface area (Å²) in [5, 5.41) is 17.4. The fourth-order valence-electron chi connectivity index (χ4n) is 1.33. The first kappa shape index (κ1) is 9.49. The van der Waals surface area contributed by atoms with Gasteiger partial charge in [0, 0.05) is 6.26 Å². The van der Waals surface area contributed by atoms with Crippen molar-refractivity contribution < 1.29 is 13.5 Å². The van der Waals surface area contributed by atoms with Crippen LogP contribution in [0.25, 0.3) is 0 Å². The minimum Gasteiger partial charge on any atom is -0.395 e. The Morgan fingerprint density at radius 1 is 1.75 bits per heavy atom. The van der Waals surface area contributed by atoms with Crippen LogP contribution in [0.1, 0.15) is 6.42 Å². The van der Waals surface area contributed by atoms with Crippen molar-refractivity contribution in [2.24, 2.45) is 11.3 Å². The highest BCUT2D eigenvalue weighted by molar-refractivity contribution is 7.90. The van der Waals surface area contributed by atoms with Gasteiger partial charge >= 0.3 is 0 Å². The molecule has 12 heavy (non-hydrogen) atoms. The Morgan fingerprint density at radius 3 is 2.58 bits per heavy atom. The van der Waals surface area contributed by atoms with Crippen LogP contribution in [-0.2, 0) is 9.84 Å². The lowest BCUT2D eigenvalue weighted by Gasteiger charge is -2.01. The van der Waals surface area contributed by atoms with Gasteiger partial charge in [-0.05, 0) is 12.3 Å². The third-order valence-corrected chi connectivity index (χ3v) is 3.25. The normalized spacial score (nSPS) is 34.2. The molecule has 1 aliphatic rings. The van der Waals surface area contributed by atoms with Gasteiger partial charge in [-0.3, -0.25) is 0 Å². The molecule has 1 saturated carbocycles. The van der Waals surface area contributed by atoms with Crippen molar-refractivity contribution in [3.63, 3.8) is 0 Å². The second-order valence-corrected chi connectivity index (χ2v) is 5.60. The van der Waals surface area contributed by atoms with E-state index in [9.17, 15) is 8.42 Å². The lowest BCUT2D eigenvalue weighted by atomic mass is 10.1. The van der Waals surface area contributed by atoms with Crippen LogP contribution >= 0.6 is 0 Å². The lowest BCUT2D eigenvalue weighted by Crippen LogP contribution is -2.13. The molecule has 0 aromatic heterocycles. The summed E-state index contributed by atoms with van der Waals surface area (Å²) in [5.74, 6) is -0.149. The topological polar surface area (TPSA) is 78.2 Å². The predicted octanol–water partition coefficient (Wildman–Crippen LogP) is -0.447. The molecule has 0 saturated heterocycles. The van der Waals surface area contributed by atoms with Crippen molar-refractivity contribution in [2.45, 2.75) is 6.42 Å². The van der Waals surface area contributed by atoms with Crippen LogP contribution in [0.2, 0.25) is 0 Å². The number of nitrogens with zero attached hydrogens (tertiary/aromatic N) is 1. The zero-order valence-corrected chi connectivity index (χ0v) is 7.63. The smallest absolute Gasteiger partial charge is 0.147 e. The van der Waals surface area contributed by atoms with Crippen molar-refractivity contribution in [1.29, 1.82) is 5.26 Å². The molecule has 2 atom stereocenters. The fraction of sp³-hybridized carbons (Fsp3) is 0.857. The van der Waals surface area contributed by atoms with E-state index in [1.165, 1.54) is 0 Å². The van der Waals surface area contributed by atoms with Crippen molar-refractivity contribution in [3.05, 3.63) is 0 Å². The molecule has 68 valence electrons. The molecule has 0 unspecified atom stereocenters. The molecule has 0 bridgehead atoms. The van der Waals surface area contributed by atoms with Crippen LogP contribution in [0.3, 0.4) is 0 Å². The number of hydrogen-bond donors (Lipinski definition) is 1. The van der Waals surface area contributed by atoms with Gasteiger partial charge < -0.3 is 5.11 Å². The van der Waals surface area contributed by atoms with E-state index >= 15 is 0 Å². The Morgan fingerprint density at radius 2 is 2.33 bits per heavy atom. The summed E-state index contributed by atoms with van der Waals surface area (Å²) in [6.07, 6.45) is 1.65. The van der Waals surface area contributed by atoms with Gasteiger partial charge in [0.15, 0.2) is 0 Å². The molecule has 4 nitrogen and oxygen atoms in total. The number of hydrogen-bond acceptors (Lipinski definition) is 4. The molecule has 0 spiro atoms. The van der Waals surface area contributed by atoms with Crippen LogP contribution in [0.5, 0.6) is 0 Å². The molecular formula is C7H11NO3S. The largest absolute Gasteiger partial charge is 0.395 e. The molecule has 1 fully saturated rings. The molecule has 0 aromatic carbocycles. The first-order valence-corrected chi connectivity index (χ1v) is 5.69. The van der Waals surface area contributed by atoms with Crippen LogP contribution in [0, 0.1) is 22.7 Å². The predicted molar refractivity (Wildman–Crippen MR) is 42.9 cm³/mol. The number of aliphatic hydroxyl groups is 1. The van der Waals surface area contributed by atoms with Crippen LogP contribution in [-0.4, -0.2) is 32.1 Å². The van der Waals surface area contributed by atoms with E-state index in [2.05, 4.69) is 0 Å². The minimum absolute atomic E-state index is 0.0150. The molecule has 1 rings (SSSR count). The van der Waals surface area contributed by atoms with Gasteiger partial charge in [0.05, 0.1) is 23.8 Å². The van der Waals surface area contributed by atoms with E-state index in [1.807, 2.05) is 6.07 Å². The highest BCUT2D eigenvalue weighted by Crippen LogP contribution is 2.52. The Labute approximate surface area is 71.7 Å². The van der Waals surface area contributed by atoms with Gasteiger partial charge in [-0.15, -0.1) is 0 Å². The maximum atomic E-state index is 10.8. The second kappa shape index (κ2) is 2.71. The first-order chi connectivity index (χ1) is 5.43. The third-order valence-electron chi connectivity index (χ3n) is 2.24. The molecule has 0 aliphatic heterocycles. The number of sulfone groups is 1. The molecule has 0 amide bonds. The summed E-state index contributed by atoms with van der Waals surface area (Å²) in [7, 11) is -3.01. The summed E-state index contributed by atoms with van der Waals surface area (Å²) in [6, 6.07) is 1.96. The Hall–Kier alpha value is -0.600. The van der Waals surface area contributed by atoms with Crippen molar-refractivity contribution in [3.8, 4) is 6.07 Å². The Kier molecular flexibility index (Phi) is 2.15. The van der Waals surface area contributed by atoms with Crippen molar-refractivity contribution >= 4 is 9.84 Å². The van der Waals surface area contributed by atoms with Crippen LogP contribution in [0.15, 0.2) is 0 Å². The van der Waals surface area contributed by atoms with E-state index in [0.29, 0.717) is 6.42 Å². The van der Waals surface area contributed by atoms with Gasteiger partial charge in [0.25, 0.3) is 0 Å². The van der Waals surface area contributed by atoms with Gasteiger partial charge in [-0.25, -0.2) is 8.42 Å². The zero-order valence-electron chi connectivity index (χ0n) is 6.82. The first-order valence-electron chi connectivity index (χ1n) is 3.63. The summed E-state index contributed by atoms with van der Waals surface area (Å²) in [4.78, 5) is 0. The van der Waals surface area contributed by atoms with E-state index in [4.69, 9.17) is 10.4 Å². The van der Waals surface area contributed by atoms with E-state index in [0.717, 1.165) is 6.26 Å². The molecular weight excluding hydrogens is 178 g/mol. The van der Waals surface area contributed by atoms with Crippen LogP contribution < -0.4 is 0 Å². The summed E-state index contributed by atoms with van der Waals surface area (Å²) in [5.41, 5.74) is -0.761. The van der Waals surface area contributed by atoms with Gasteiger partial charge in [-0.1, -0.05) is 0 Å². The number of rotatable bonds is 3. The molecule has 1 aliphatic carbocycles. The van der Waals surface area contributed by atoms with Crippen molar-refractivity contribution in [2.75, 3.05) is 18.6 Å². The quantitative estimate of drug-likeness (QED) is 0.652. The highest BCUT2D eigenvalue weighted by Gasteiger charge is 2.55. The molecule has 0 radical (unpaired) electrons. The minimum atomic E-state index is -3.01. The highest BCUT2D eigenvalue weighted by atomic mass is 32.2. The van der Waals surface area contributed by atoms with E-state index in [1.54, 1.807) is 0 Å². The summed E-state index contributed by atoms with van der Waals surface area (Å²) in [6.45, 7) is -0.232. The maximum absolute atomic E-state index is 10.8. The van der Waals surface area contributed by atoms with Crippen LogP contribution in [0.4, 0.5) is 0 Å². The summed E-state index contributed by atoms with van der Waals surface area (Å²) < 4.78 is 21.6. The molecule has 1 N–H and O–H groups in total. The SMILES string of the molecule is CS(=O)(=O)C[C@@H]1C[C@]1(C#N)CO. The number of nitriles is 1. The average Bonchev–Trinajstić information content (AvgIpc) is 2.60. The number of aliphatic hydroxyl groups excluding tert-OH is 1. The molecule has 5 heteroatoms. The van der Waals surface area contributed by atoms with E-state index in [-0.39, 0.29) is 18.3 Å². The van der Waals surface area contributed by atoms with Crippen molar-refractivity contribution in [1.82, 2.24) is 0 Å². The Balaban J connectivity index is 2.59. The summed E-state index contributed by atoms with van der Waals surface area (Å²) >= 11 is 0. The van der Waals surface area contributed by atoms with Gasteiger partial charge in [0.1, 0.15) is 9.84 Å². The average molecular weight is 189 g/mol. The van der Waals surface area contributed by atoms with Gasteiger partial charge in [-0.2, -0.15) is 5.26 Å². The fourth-order valence-corrected chi connectivity index (χ4v) is 2.50. The monoisotopic (exact) mass is 189 g/mol. The Bertz CT molecular complexity index is 316. The van der Waals surface area contributed by atoms with Gasteiger partial charge in [0.2, 0.25) is 0 Å². The molecule has 0 aromatic rings.